The third-order valence-electron chi connectivity index (χ3n) is 1.37. The first kappa shape index (κ1) is 9.29. The van der Waals surface area contributed by atoms with Gasteiger partial charge in [-0.1, -0.05) is 6.07 Å². The molecule has 1 aromatic rings. The van der Waals surface area contributed by atoms with E-state index in [2.05, 4.69) is 12.9 Å². The molecule has 56 valence electrons. The van der Waals surface area contributed by atoms with Crippen molar-refractivity contribution in [2.45, 2.75) is 0 Å². The van der Waals surface area contributed by atoms with E-state index in [9.17, 15) is 4.39 Å². The van der Waals surface area contributed by atoms with Crippen LogP contribution >= 0.6 is 12.9 Å². The second-order valence-corrected chi connectivity index (χ2v) is 4.87. The molecule has 0 N–H and O–H groups in total. The smallest absolute Gasteiger partial charge is 0.494 e. The Kier molecular flexibility index (Phi) is 3.61. The van der Waals surface area contributed by atoms with Gasteiger partial charge in [-0.3, -0.25) is 12.9 Å². The first-order valence-corrected chi connectivity index (χ1v) is 7.77. The van der Waals surface area contributed by atoms with Crippen molar-refractivity contribution in [3.8, 4) is 5.75 Å². The Morgan fingerprint density at radius 2 is 2.27 bits per heavy atom. The van der Waals surface area contributed by atoms with Crippen LogP contribution in [0.4, 0.5) is 4.39 Å². The van der Waals surface area contributed by atoms with Crippen LogP contribution in [0, 0.1) is 5.82 Å². The van der Waals surface area contributed by atoms with Gasteiger partial charge in [0.25, 0.3) is 0 Å². The van der Waals surface area contributed by atoms with Crippen LogP contribution < -0.4 is 8.43 Å². The van der Waals surface area contributed by atoms with Gasteiger partial charge in [0.1, 0.15) is 0 Å². The van der Waals surface area contributed by atoms with E-state index in [4.69, 9.17) is 4.74 Å². The van der Waals surface area contributed by atoms with Gasteiger partial charge in [-0.05, 0) is 12.1 Å². The van der Waals surface area contributed by atoms with E-state index >= 15 is 0 Å². The van der Waals surface area contributed by atoms with Gasteiger partial charge in [-0.15, -0.1) is 3.69 Å². The molecule has 0 aliphatic carbocycles. The van der Waals surface area contributed by atoms with Crippen LogP contribution in [-0.2, 0) is 0 Å². The molecule has 0 aromatic heterocycles. The Bertz CT molecular complexity index is 254. The van der Waals surface area contributed by atoms with E-state index in [1.807, 2.05) is 6.07 Å². The van der Waals surface area contributed by atoms with Crippen molar-refractivity contribution in [3.63, 3.8) is 0 Å². The molecule has 0 fully saturated rings. The Labute approximate surface area is 80.5 Å². The summed E-state index contributed by atoms with van der Waals surface area (Å²) in [5.41, 5.74) is 0. The van der Waals surface area contributed by atoms with Gasteiger partial charge in [-0.2, -0.15) is 0 Å². The van der Waals surface area contributed by atoms with Crippen molar-refractivity contribution in [2.24, 2.45) is 0 Å². The number of rotatable bonds is 2. The Hall–Kier alpha value is 0.196. The summed E-state index contributed by atoms with van der Waals surface area (Å²) in [4.78, 5) is 0. The monoisotopic (exact) mass is 228 g/mol. The van der Waals surface area contributed by atoms with Crippen molar-refractivity contribution in [1.29, 1.82) is 0 Å². The highest BCUT2D eigenvalue weighted by atomic mass is 79.9. The molecule has 0 spiro atoms. The molecule has 0 atom stereocenters. The number of ether oxygens (including phenoxy) is 1. The molecule has 0 saturated carbocycles. The highest BCUT2D eigenvalue weighted by molar-refractivity contribution is 9.23. The van der Waals surface area contributed by atoms with Gasteiger partial charge in [0.15, 0.2) is 11.6 Å². The lowest BCUT2D eigenvalue weighted by Gasteiger charge is -2.01. The average molecular weight is 229 g/mol. The van der Waals surface area contributed by atoms with Crippen LogP contribution in [0.1, 0.15) is 0 Å². The zero-order valence-electron chi connectivity index (χ0n) is 6.10. The molecule has 0 heterocycles. The van der Waals surface area contributed by atoms with Gasteiger partial charge in [0.05, 0.1) is 7.11 Å². The number of hydrogen-bond donors (Lipinski definition) is 0. The average Bonchev–Trinajstić information content (AvgIpc) is 2.04. The summed E-state index contributed by atoms with van der Waals surface area (Å²) in [5, 5.41) is 0. The molecule has 0 amide bonds. The minimum Gasteiger partial charge on any atom is -0.494 e. The summed E-state index contributed by atoms with van der Waals surface area (Å²) in [6.45, 7) is 0. The number of benzene rings is 1. The fourth-order valence-electron chi connectivity index (χ4n) is 0.793. The third-order valence-corrected chi connectivity index (χ3v) is 4.06. The second-order valence-electron chi connectivity index (χ2n) is 2.10. The van der Waals surface area contributed by atoms with Gasteiger partial charge in [0.2, 0.25) is 0 Å². The van der Waals surface area contributed by atoms with E-state index in [1.165, 1.54) is 13.2 Å². The fraction of sp³-hybridized carbons (Fsp3) is 0.143. The molecule has 0 bridgehead atoms. The SMILES string of the molecule is COc1cc[c]([Mg][Br])cc1F. The summed E-state index contributed by atoms with van der Waals surface area (Å²) in [7, 11) is 1.46. The minimum atomic E-state index is -0.437. The lowest BCUT2D eigenvalue weighted by molar-refractivity contribution is 0.387. The summed E-state index contributed by atoms with van der Waals surface area (Å²) in [6.07, 6.45) is 0. The maximum atomic E-state index is 12.9. The Morgan fingerprint density at radius 1 is 1.55 bits per heavy atom. The van der Waals surface area contributed by atoms with Crippen LogP contribution in [0.25, 0.3) is 0 Å². The number of hydrogen-bond acceptors (Lipinski definition) is 1. The molecule has 11 heavy (non-hydrogen) atoms. The van der Waals surface area contributed by atoms with Crippen molar-refractivity contribution < 1.29 is 9.13 Å². The van der Waals surface area contributed by atoms with E-state index in [0.29, 0.717) is 5.75 Å². The molecule has 0 radical (unpaired) electrons. The van der Waals surface area contributed by atoms with Crippen molar-refractivity contribution in [1.82, 2.24) is 0 Å². The third kappa shape index (κ3) is 2.32. The maximum absolute atomic E-state index is 12.9. The molecule has 1 rings (SSSR count). The van der Waals surface area contributed by atoms with Gasteiger partial charge < -0.3 is 4.74 Å². The molecule has 1 aromatic carbocycles. The molecule has 0 saturated heterocycles. The standard InChI is InChI=1S/C7H6FO.BrH.Mg/c1-9-7-5-3-2-4-6(7)8;;/h3-5H,1H3;1H;/q;;+1/p-1. The van der Waals surface area contributed by atoms with Crippen LogP contribution in [0.2, 0.25) is 0 Å². The first-order valence-electron chi connectivity index (χ1n) is 3.16. The van der Waals surface area contributed by atoms with Crippen LogP contribution in [-0.4, -0.2) is 25.3 Å². The predicted octanol–water partition coefficient (Wildman–Crippen LogP) is 1.47. The van der Waals surface area contributed by atoms with Gasteiger partial charge in [-0.25, -0.2) is 4.39 Å². The van der Waals surface area contributed by atoms with E-state index in [1.54, 1.807) is 6.07 Å². The van der Waals surface area contributed by atoms with Crippen molar-refractivity contribution in [2.75, 3.05) is 7.11 Å². The molecular formula is C7H6BrFMgO. The van der Waals surface area contributed by atoms with Crippen molar-refractivity contribution in [3.05, 3.63) is 24.0 Å². The molecule has 1 nitrogen and oxygen atoms in total. The van der Waals surface area contributed by atoms with Gasteiger partial charge >= 0.3 is 18.2 Å². The Morgan fingerprint density at radius 3 is 2.73 bits per heavy atom. The van der Waals surface area contributed by atoms with Crippen molar-refractivity contribution >= 4 is 34.8 Å². The Balaban J connectivity index is 2.99. The maximum Gasteiger partial charge on any atom is 0.506 e. The molecular weight excluding hydrogens is 223 g/mol. The number of halogens is 2. The lowest BCUT2D eigenvalue weighted by Crippen LogP contribution is -2.08. The highest BCUT2D eigenvalue weighted by Gasteiger charge is 2.02. The first-order chi connectivity index (χ1) is 5.27. The summed E-state index contributed by atoms with van der Waals surface area (Å²) < 4.78 is 18.7. The second kappa shape index (κ2) is 4.28. The quantitative estimate of drug-likeness (QED) is 0.698. The summed E-state index contributed by atoms with van der Waals surface area (Å²) in [5.74, 6) is 0.0284. The molecule has 0 aliphatic rings. The highest BCUT2D eigenvalue weighted by Crippen LogP contribution is 2.13. The topological polar surface area (TPSA) is 9.23 Å². The summed E-state index contributed by atoms with van der Waals surface area (Å²) >= 11 is 2.93. The number of methoxy groups -OCH3 is 1. The normalized spacial score (nSPS) is 9.00. The van der Waals surface area contributed by atoms with E-state index in [0.717, 1.165) is 3.69 Å². The summed E-state index contributed by atoms with van der Waals surface area (Å²) in [6, 6.07) is 5.04. The molecule has 4 heteroatoms. The van der Waals surface area contributed by atoms with E-state index in [-0.39, 0.29) is 5.82 Å². The van der Waals surface area contributed by atoms with Crippen LogP contribution in [0.3, 0.4) is 0 Å². The zero-order chi connectivity index (χ0) is 8.27. The predicted molar refractivity (Wildman–Crippen MR) is 47.3 cm³/mol. The zero-order valence-corrected chi connectivity index (χ0v) is 9.10. The fourth-order valence-corrected chi connectivity index (χ4v) is 2.30. The molecule has 0 unspecified atom stereocenters. The van der Waals surface area contributed by atoms with Gasteiger partial charge in [0, 0.05) is 0 Å². The largest absolute Gasteiger partial charge is 0.506 e. The minimum absolute atomic E-state index is 0.281. The molecule has 0 aliphatic heterocycles. The van der Waals surface area contributed by atoms with Crippen LogP contribution in [0.15, 0.2) is 18.2 Å². The van der Waals surface area contributed by atoms with E-state index < -0.39 is 18.2 Å². The lowest BCUT2D eigenvalue weighted by atomic mass is 10.3. The van der Waals surface area contributed by atoms with Crippen LogP contribution in [0.5, 0.6) is 5.75 Å².